The van der Waals surface area contributed by atoms with Crippen LogP contribution in [0.1, 0.15) is 24.5 Å². The largest absolute Gasteiger partial charge is 0.478 e. The highest BCUT2D eigenvalue weighted by Gasteiger charge is 2.36. The summed E-state index contributed by atoms with van der Waals surface area (Å²) in [6.07, 6.45) is 5.63. The molecule has 0 bridgehead atoms. The molecule has 0 spiro atoms. The van der Waals surface area contributed by atoms with Crippen LogP contribution in [0.15, 0.2) is 25.0 Å². The van der Waals surface area contributed by atoms with Crippen LogP contribution in [-0.4, -0.2) is 67.7 Å². The summed E-state index contributed by atoms with van der Waals surface area (Å²) in [7, 11) is 3.33. The Labute approximate surface area is 183 Å². The SMILES string of the molecule is C=CC(=O)NC1CN(c2nc(Nc3cn(C)nc3OC)c3ncc(C4CC4)n3n2)CC1F. The third kappa shape index (κ3) is 3.61. The van der Waals surface area contributed by atoms with Gasteiger partial charge in [-0.25, -0.2) is 13.9 Å². The van der Waals surface area contributed by atoms with Crippen LogP contribution in [-0.2, 0) is 11.8 Å². The van der Waals surface area contributed by atoms with Gasteiger partial charge in [-0.15, -0.1) is 10.2 Å². The van der Waals surface area contributed by atoms with E-state index in [2.05, 4.69) is 37.4 Å². The van der Waals surface area contributed by atoms with E-state index in [1.807, 2.05) is 6.20 Å². The van der Waals surface area contributed by atoms with Crippen molar-refractivity contribution < 1.29 is 13.9 Å². The number of hydrogen-bond acceptors (Lipinski definition) is 8. The molecule has 0 radical (unpaired) electrons. The molecule has 32 heavy (non-hydrogen) atoms. The number of anilines is 3. The van der Waals surface area contributed by atoms with E-state index < -0.39 is 18.1 Å². The Bertz CT molecular complexity index is 1190. The number of carbonyl (C=O) groups excluding carboxylic acids is 1. The molecule has 5 rings (SSSR count). The molecule has 2 aliphatic rings. The van der Waals surface area contributed by atoms with Crippen molar-refractivity contribution in [3.05, 3.63) is 30.7 Å². The molecule has 1 aliphatic heterocycles. The van der Waals surface area contributed by atoms with Gasteiger partial charge in [-0.1, -0.05) is 6.58 Å². The lowest BCUT2D eigenvalue weighted by molar-refractivity contribution is -0.117. The molecule has 1 amide bonds. The number of ether oxygens (including phenoxy) is 1. The van der Waals surface area contributed by atoms with Gasteiger partial charge in [0.15, 0.2) is 11.5 Å². The van der Waals surface area contributed by atoms with E-state index in [4.69, 9.17) is 4.74 Å². The van der Waals surface area contributed by atoms with E-state index >= 15 is 0 Å². The second-order valence-electron chi connectivity index (χ2n) is 8.04. The van der Waals surface area contributed by atoms with Crippen LogP contribution in [0.25, 0.3) is 5.65 Å². The van der Waals surface area contributed by atoms with E-state index in [9.17, 15) is 9.18 Å². The van der Waals surface area contributed by atoms with Crippen molar-refractivity contribution in [2.45, 2.75) is 31.0 Å². The van der Waals surface area contributed by atoms with Gasteiger partial charge in [0.05, 0.1) is 37.8 Å². The molecule has 3 aromatic heterocycles. The zero-order chi connectivity index (χ0) is 22.4. The van der Waals surface area contributed by atoms with Gasteiger partial charge in [0.25, 0.3) is 5.88 Å². The number of rotatable bonds is 7. The Balaban J connectivity index is 1.52. The predicted octanol–water partition coefficient (Wildman–Crippen LogP) is 1.32. The third-order valence-electron chi connectivity index (χ3n) is 5.66. The molecule has 1 aliphatic carbocycles. The Hall–Kier alpha value is -3.70. The lowest BCUT2D eigenvalue weighted by Gasteiger charge is -2.18. The molecule has 12 heteroatoms. The molecule has 1 saturated heterocycles. The van der Waals surface area contributed by atoms with Crippen LogP contribution in [0.5, 0.6) is 5.88 Å². The molecule has 2 unspecified atom stereocenters. The first-order valence-electron chi connectivity index (χ1n) is 10.4. The summed E-state index contributed by atoms with van der Waals surface area (Å²) in [6, 6.07) is -0.666. The molecule has 1 saturated carbocycles. The molecule has 168 valence electrons. The van der Waals surface area contributed by atoms with Crippen LogP contribution in [0.3, 0.4) is 0 Å². The number of carbonyl (C=O) groups is 1. The van der Waals surface area contributed by atoms with Crippen molar-refractivity contribution in [1.82, 2.24) is 34.7 Å². The molecular weight excluding hydrogens is 417 g/mol. The van der Waals surface area contributed by atoms with E-state index in [0.29, 0.717) is 34.9 Å². The first-order chi connectivity index (χ1) is 15.5. The lowest BCUT2D eigenvalue weighted by Crippen LogP contribution is -2.40. The van der Waals surface area contributed by atoms with E-state index in [0.717, 1.165) is 24.6 Å². The van der Waals surface area contributed by atoms with Crippen molar-refractivity contribution in [3.63, 3.8) is 0 Å². The highest BCUT2D eigenvalue weighted by Crippen LogP contribution is 2.41. The zero-order valence-corrected chi connectivity index (χ0v) is 17.8. The number of alkyl halides is 1. The number of nitrogens with zero attached hydrogens (tertiary/aromatic N) is 7. The molecular formula is C20H24FN9O2. The van der Waals surface area contributed by atoms with Crippen LogP contribution in [0.4, 0.5) is 21.8 Å². The number of aromatic nitrogens is 6. The fourth-order valence-corrected chi connectivity index (χ4v) is 3.90. The summed E-state index contributed by atoms with van der Waals surface area (Å²) in [6.45, 7) is 3.74. The van der Waals surface area contributed by atoms with E-state index in [1.54, 1.807) is 34.5 Å². The van der Waals surface area contributed by atoms with Gasteiger partial charge >= 0.3 is 0 Å². The van der Waals surface area contributed by atoms with Crippen LogP contribution in [0.2, 0.25) is 0 Å². The van der Waals surface area contributed by atoms with E-state index in [-0.39, 0.29) is 13.1 Å². The minimum Gasteiger partial charge on any atom is -0.478 e. The molecule has 11 nitrogen and oxygen atoms in total. The van der Waals surface area contributed by atoms with Crippen molar-refractivity contribution >= 4 is 29.0 Å². The number of methoxy groups -OCH3 is 1. The summed E-state index contributed by atoms with van der Waals surface area (Å²) >= 11 is 0. The van der Waals surface area contributed by atoms with Crippen molar-refractivity contribution in [2.24, 2.45) is 7.05 Å². The maximum atomic E-state index is 14.6. The molecule has 2 N–H and O–H groups in total. The molecule has 2 atom stereocenters. The van der Waals surface area contributed by atoms with Crippen LogP contribution in [0, 0.1) is 0 Å². The molecule has 4 heterocycles. The second-order valence-corrected chi connectivity index (χ2v) is 8.04. The van der Waals surface area contributed by atoms with Gasteiger partial charge in [-0.05, 0) is 18.9 Å². The maximum absolute atomic E-state index is 14.6. The van der Waals surface area contributed by atoms with Gasteiger partial charge in [0.2, 0.25) is 11.9 Å². The van der Waals surface area contributed by atoms with Gasteiger partial charge in [0, 0.05) is 19.5 Å². The zero-order valence-electron chi connectivity index (χ0n) is 17.8. The fourth-order valence-electron chi connectivity index (χ4n) is 3.90. The average Bonchev–Trinajstić information content (AvgIpc) is 3.27. The van der Waals surface area contributed by atoms with Crippen molar-refractivity contribution in [1.29, 1.82) is 0 Å². The van der Waals surface area contributed by atoms with Gasteiger partial charge in [0.1, 0.15) is 11.9 Å². The minimum absolute atomic E-state index is 0.0662. The second kappa shape index (κ2) is 7.77. The Morgan fingerprint density at radius 1 is 1.34 bits per heavy atom. The number of imidazole rings is 1. The summed E-state index contributed by atoms with van der Waals surface area (Å²) in [5.41, 5.74) is 2.19. The number of nitrogens with one attached hydrogen (secondary N) is 2. The standard InChI is InChI=1S/C20H24FN9O2/c1-4-16(31)23-13-10-29(8-12(13)21)20-25-17(24-14-9-28(2)26-19(14)32-3)18-22-7-15(11-5-6-11)30(18)27-20/h4,7,9,11-13H,1,5-6,8,10H2,2-3H3,(H,23,31)(H,24,25,27). The topological polar surface area (TPSA) is 115 Å². The maximum Gasteiger partial charge on any atom is 0.256 e. The fraction of sp³-hybridized carbons (Fsp3) is 0.450. The predicted molar refractivity (Wildman–Crippen MR) is 115 cm³/mol. The lowest BCUT2D eigenvalue weighted by atomic mass is 10.2. The molecule has 0 aromatic carbocycles. The third-order valence-corrected chi connectivity index (χ3v) is 5.66. The molecule has 2 fully saturated rings. The highest BCUT2D eigenvalue weighted by molar-refractivity contribution is 5.87. The minimum atomic E-state index is -1.25. The van der Waals surface area contributed by atoms with E-state index in [1.165, 1.54) is 0 Å². The van der Waals surface area contributed by atoms with Crippen molar-refractivity contribution in [3.8, 4) is 5.88 Å². The van der Waals surface area contributed by atoms with Gasteiger partial charge in [-0.2, -0.15) is 4.98 Å². The quantitative estimate of drug-likeness (QED) is 0.528. The first kappa shape index (κ1) is 20.2. The number of fused-ring (bicyclic) bond motifs is 1. The van der Waals surface area contributed by atoms with Crippen molar-refractivity contribution in [2.75, 3.05) is 30.4 Å². The highest BCUT2D eigenvalue weighted by atomic mass is 19.1. The van der Waals surface area contributed by atoms with Crippen LogP contribution < -0.4 is 20.3 Å². The van der Waals surface area contributed by atoms with Crippen LogP contribution >= 0.6 is 0 Å². The Morgan fingerprint density at radius 3 is 2.88 bits per heavy atom. The Kier molecular flexibility index (Phi) is 4.91. The average molecular weight is 441 g/mol. The number of halogens is 1. The summed E-state index contributed by atoms with van der Waals surface area (Å²) in [5, 5.41) is 14.8. The summed E-state index contributed by atoms with van der Waals surface area (Å²) in [5.74, 6) is 1.22. The Morgan fingerprint density at radius 2 is 2.16 bits per heavy atom. The van der Waals surface area contributed by atoms with Gasteiger partial charge in [-0.3, -0.25) is 9.48 Å². The number of amides is 1. The summed E-state index contributed by atoms with van der Waals surface area (Å²) in [4.78, 5) is 22.6. The first-order valence-corrected chi connectivity index (χ1v) is 10.4. The number of hydrogen-bond donors (Lipinski definition) is 2. The monoisotopic (exact) mass is 441 g/mol. The smallest absolute Gasteiger partial charge is 0.256 e. The summed E-state index contributed by atoms with van der Waals surface area (Å²) < 4.78 is 23.4. The molecule has 3 aromatic rings. The van der Waals surface area contributed by atoms with Gasteiger partial charge < -0.3 is 20.3 Å². The normalized spacial score (nSPS) is 20.5. The number of aryl methyl sites for hydroxylation is 1.